The molecular weight excluding hydrogens is 272 g/mol. The molecule has 1 heterocycles. The predicted octanol–water partition coefficient (Wildman–Crippen LogP) is 2.85. The predicted molar refractivity (Wildman–Crippen MR) is 91.2 cm³/mol. The number of aryl methyl sites for hydroxylation is 1. The van der Waals surface area contributed by atoms with Gasteiger partial charge in [0.15, 0.2) is 0 Å². The third kappa shape index (κ3) is 3.67. The Morgan fingerprint density at radius 3 is 2.18 bits per heavy atom. The molecule has 1 N–H and O–H groups in total. The van der Waals surface area contributed by atoms with Crippen molar-refractivity contribution in [2.24, 2.45) is 0 Å². The molecule has 0 radical (unpaired) electrons. The van der Waals surface area contributed by atoms with Crippen LogP contribution in [0.15, 0.2) is 54.6 Å². The molecule has 22 heavy (non-hydrogen) atoms. The first-order chi connectivity index (χ1) is 10.7. The Labute approximate surface area is 132 Å². The number of β-amino-alcohol motifs (C(OH)–C–C–N with tert-alkyl or cyclic N) is 1. The number of rotatable bonds is 4. The van der Waals surface area contributed by atoms with Crippen LogP contribution in [0.2, 0.25) is 0 Å². The molecule has 3 rings (SSSR count). The van der Waals surface area contributed by atoms with Gasteiger partial charge in [0.05, 0.1) is 6.10 Å². The Bertz CT molecular complexity index is 574. The van der Waals surface area contributed by atoms with Crippen molar-refractivity contribution in [2.45, 2.75) is 13.0 Å². The first kappa shape index (κ1) is 15.1. The van der Waals surface area contributed by atoms with E-state index in [0.717, 1.165) is 31.7 Å². The second kappa shape index (κ2) is 6.95. The van der Waals surface area contributed by atoms with Crippen molar-refractivity contribution in [1.29, 1.82) is 0 Å². The Balaban J connectivity index is 1.52. The molecule has 0 bridgehead atoms. The van der Waals surface area contributed by atoms with Gasteiger partial charge in [0.2, 0.25) is 0 Å². The molecule has 0 aliphatic carbocycles. The van der Waals surface area contributed by atoms with Gasteiger partial charge >= 0.3 is 0 Å². The Hall–Kier alpha value is -1.84. The van der Waals surface area contributed by atoms with E-state index in [1.165, 1.54) is 11.3 Å². The summed E-state index contributed by atoms with van der Waals surface area (Å²) < 4.78 is 0. The SMILES string of the molecule is Cc1ccc(N2CCN(C[C@@H](O)c3ccccc3)CC2)cc1. The highest BCUT2D eigenvalue weighted by molar-refractivity contribution is 5.47. The lowest BCUT2D eigenvalue weighted by molar-refractivity contribution is 0.109. The lowest BCUT2D eigenvalue weighted by Crippen LogP contribution is -2.47. The van der Waals surface area contributed by atoms with E-state index in [-0.39, 0.29) is 0 Å². The molecule has 0 amide bonds. The van der Waals surface area contributed by atoms with Crippen LogP contribution in [0.5, 0.6) is 0 Å². The van der Waals surface area contributed by atoms with Gasteiger partial charge in [-0.15, -0.1) is 0 Å². The zero-order chi connectivity index (χ0) is 15.4. The van der Waals surface area contributed by atoms with Gasteiger partial charge in [0, 0.05) is 38.4 Å². The number of anilines is 1. The zero-order valence-electron chi connectivity index (χ0n) is 13.2. The van der Waals surface area contributed by atoms with Crippen LogP contribution in [0.25, 0.3) is 0 Å². The second-order valence-electron chi connectivity index (χ2n) is 6.05. The topological polar surface area (TPSA) is 26.7 Å². The minimum atomic E-state index is -0.396. The molecule has 1 saturated heterocycles. The van der Waals surface area contributed by atoms with Gasteiger partial charge in [-0.1, -0.05) is 48.0 Å². The summed E-state index contributed by atoms with van der Waals surface area (Å²) in [6.45, 7) is 6.86. The van der Waals surface area contributed by atoms with Crippen molar-refractivity contribution in [3.8, 4) is 0 Å². The molecule has 0 saturated carbocycles. The minimum Gasteiger partial charge on any atom is -0.387 e. The maximum absolute atomic E-state index is 10.3. The van der Waals surface area contributed by atoms with Gasteiger partial charge < -0.3 is 10.0 Å². The minimum absolute atomic E-state index is 0.396. The van der Waals surface area contributed by atoms with Crippen LogP contribution in [-0.2, 0) is 0 Å². The average molecular weight is 296 g/mol. The Kier molecular flexibility index (Phi) is 4.76. The summed E-state index contributed by atoms with van der Waals surface area (Å²) in [6.07, 6.45) is -0.396. The molecular formula is C19H24N2O. The lowest BCUT2D eigenvalue weighted by atomic mass is 10.1. The largest absolute Gasteiger partial charge is 0.387 e. The first-order valence-electron chi connectivity index (χ1n) is 7.99. The van der Waals surface area contributed by atoms with E-state index in [4.69, 9.17) is 0 Å². The zero-order valence-corrected chi connectivity index (χ0v) is 13.2. The standard InChI is InChI=1S/C19H24N2O/c1-16-7-9-18(10-8-16)21-13-11-20(12-14-21)15-19(22)17-5-3-2-4-6-17/h2-10,19,22H,11-15H2,1H3/t19-/m1/s1. The molecule has 2 aromatic carbocycles. The third-order valence-corrected chi connectivity index (χ3v) is 4.39. The molecule has 1 fully saturated rings. The van der Waals surface area contributed by atoms with Gasteiger partial charge in [-0.05, 0) is 24.6 Å². The monoisotopic (exact) mass is 296 g/mol. The van der Waals surface area contributed by atoms with Gasteiger partial charge in [-0.25, -0.2) is 0 Å². The normalized spacial score (nSPS) is 17.5. The Morgan fingerprint density at radius 1 is 0.909 bits per heavy atom. The third-order valence-electron chi connectivity index (χ3n) is 4.39. The molecule has 1 atom stereocenters. The van der Waals surface area contributed by atoms with E-state index in [2.05, 4.69) is 41.0 Å². The van der Waals surface area contributed by atoms with Crippen LogP contribution in [0.4, 0.5) is 5.69 Å². The fourth-order valence-corrected chi connectivity index (χ4v) is 2.97. The van der Waals surface area contributed by atoms with Crippen LogP contribution in [0.3, 0.4) is 0 Å². The highest BCUT2D eigenvalue weighted by Crippen LogP contribution is 2.19. The van der Waals surface area contributed by atoms with E-state index in [0.29, 0.717) is 6.54 Å². The fourth-order valence-electron chi connectivity index (χ4n) is 2.97. The number of aliphatic hydroxyl groups is 1. The summed E-state index contributed by atoms with van der Waals surface area (Å²) >= 11 is 0. The molecule has 0 spiro atoms. The maximum atomic E-state index is 10.3. The van der Waals surface area contributed by atoms with E-state index in [1.54, 1.807) is 0 Å². The van der Waals surface area contributed by atoms with Crippen LogP contribution in [0, 0.1) is 6.92 Å². The van der Waals surface area contributed by atoms with Crippen molar-refractivity contribution in [2.75, 3.05) is 37.6 Å². The molecule has 1 aliphatic rings. The molecule has 1 aliphatic heterocycles. The van der Waals surface area contributed by atoms with Crippen LogP contribution in [0.1, 0.15) is 17.2 Å². The first-order valence-corrected chi connectivity index (χ1v) is 7.99. The van der Waals surface area contributed by atoms with Crippen LogP contribution in [-0.4, -0.2) is 42.7 Å². The smallest absolute Gasteiger partial charge is 0.0916 e. The molecule has 0 aromatic heterocycles. The molecule has 3 nitrogen and oxygen atoms in total. The Morgan fingerprint density at radius 2 is 1.55 bits per heavy atom. The number of benzene rings is 2. The molecule has 116 valence electrons. The maximum Gasteiger partial charge on any atom is 0.0916 e. The summed E-state index contributed by atoms with van der Waals surface area (Å²) in [7, 11) is 0. The summed E-state index contributed by atoms with van der Waals surface area (Å²) in [5.41, 5.74) is 3.60. The number of hydrogen-bond acceptors (Lipinski definition) is 3. The van der Waals surface area contributed by atoms with Crippen molar-refractivity contribution in [3.63, 3.8) is 0 Å². The molecule has 3 heteroatoms. The van der Waals surface area contributed by atoms with Gasteiger partial charge in [0.1, 0.15) is 0 Å². The average Bonchev–Trinajstić information content (AvgIpc) is 2.57. The van der Waals surface area contributed by atoms with Crippen molar-refractivity contribution < 1.29 is 5.11 Å². The number of nitrogens with zero attached hydrogens (tertiary/aromatic N) is 2. The lowest BCUT2D eigenvalue weighted by Gasteiger charge is -2.37. The summed E-state index contributed by atoms with van der Waals surface area (Å²) in [4.78, 5) is 4.77. The highest BCUT2D eigenvalue weighted by atomic mass is 16.3. The van der Waals surface area contributed by atoms with E-state index >= 15 is 0 Å². The number of hydrogen-bond donors (Lipinski definition) is 1. The van der Waals surface area contributed by atoms with Crippen molar-refractivity contribution in [1.82, 2.24) is 4.90 Å². The summed E-state index contributed by atoms with van der Waals surface area (Å²) in [5.74, 6) is 0. The summed E-state index contributed by atoms with van der Waals surface area (Å²) in [6, 6.07) is 18.7. The number of piperazine rings is 1. The van der Waals surface area contributed by atoms with Crippen molar-refractivity contribution >= 4 is 5.69 Å². The van der Waals surface area contributed by atoms with Crippen molar-refractivity contribution in [3.05, 3.63) is 65.7 Å². The van der Waals surface area contributed by atoms with Gasteiger partial charge in [0.25, 0.3) is 0 Å². The fraction of sp³-hybridized carbons (Fsp3) is 0.368. The quantitative estimate of drug-likeness (QED) is 0.940. The highest BCUT2D eigenvalue weighted by Gasteiger charge is 2.19. The van der Waals surface area contributed by atoms with Gasteiger partial charge in [-0.3, -0.25) is 4.90 Å². The van der Waals surface area contributed by atoms with E-state index < -0.39 is 6.10 Å². The van der Waals surface area contributed by atoms with Crippen LogP contribution >= 0.6 is 0 Å². The van der Waals surface area contributed by atoms with E-state index in [9.17, 15) is 5.11 Å². The summed E-state index contributed by atoms with van der Waals surface area (Å²) in [5, 5.41) is 10.3. The van der Waals surface area contributed by atoms with E-state index in [1.807, 2.05) is 30.3 Å². The van der Waals surface area contributed by atoms with Crippen LogP contribution < -0.4 is 4.90 Å². The second-order valence-corrected chi connectivity index (χ2v) is 6.05. The van der Waals surface area contributed by atoms with Gasteiger partial charge in [-0.2, -0.15) is 0 Å². The number of aliphatic hydroxyl groups excluding tert-OH is 1. The molecule has 0 unspecified atom stereocenters. The molecule has 2 aromatic rings.